The first-order valence-corrected chi connectivity index (χ1v) is 9.25. The topological polar surface area (TPSA) is 62.3 Å². The van der Waals surface area contributed by atoms with Crippen molar-refractivity contribution in [2.75, 3.05) is 19.6 Å². The molecule has 0 bridgehead atoms. The molecule has 1 unspecified atom stereocenters. The van der Waals surface area contributed by atoms with E-state index in [2.05, 4.69) is 10.3 Å². The van der Waals surface area contributed by atoms with Crippen LogP contribution >= 0.6 is 0 Å². The molecular formula is C19H25F2N3O2. The quantitative estimate of drug-likeness (QED) is 0.789. The Kier molecular flexibility index (Phi) is 5.53. The second kappa shape index (κ2) is 7.68. The molecule has 1 aliphatic carbocycles. The fourth-order valence-electron chi connectivity index (χ4n) is 4.37. The molecule has 2 aliphatic rings. The van der Waals surface area contributed by atoms with Crippen LogP contribution in [-0.2, 0) is 9.59 Å². The number of hydrogen-bond acceptors (Lipinski definition) is 3. The Labute approximate surface area is 152 Å². The SMILES string of the molecule is CCC(CNC=O)C(=O)N1CCC2(CC1)CC(c1ncc(F)cc1F)C2. The highest BCUT2D eigenvalue weighted by Crippen LogP contribution is 2.56. The molecule has 3 rings (SSSR count). The van der Waals surface area contributed by atoms with Crippen molar-refractivity contribution in [1.82, 2.24) is 15.2 Å². The van der Waals surface area contributed by atoms with Crippen LogP contribution in [0.3, 0.4) is 0 Å². The van der Waals surface area contributed by atoms with Crippen molar-refractivity contribution in [3.8, 4) is 0 Å². The lowest BCUT2D eigenvalue weighted by Crippen LogP contribution is -2.50. The van der Waals surface area contributed by atoms with Gasteiger partial charge in [-0.05, 0) is 37.5 Å². The number of rotatable bonds is 6. The smallest absolute Gasteiger partial charge is 0.227 e. The number of nitrogens with zero attached hydrogens (tertiary/aromatic N) is 2. The van der Waals surface area contributed by atoms with Gasteiger partial charge < -0.3 is 10.2 Å². The predicted octanol–water partition coefficient (Wildman–Crippen LogP) is 2.62. The lowest BCUT2D eigenvalue weighted by Gasteiger charge is -2.52. The first-order valence-electron chi connectivity index (χ1n) is 9.25. The fraction of sp³-hybridized carbons (Fsp3) is 0.632. The Hall–Kier alpha value is -2.05. The number of nitrogens with one attached hydrogen (secondary N) is 1. The third-order valence-corrected chi connectivity index (χ3v) is 6.01. The Morgan fingerprint density at radius 3 is 2.69 bits per heavy atom. The third-order valence-electron chi connectivity index (χ3n) is 6.01. The summed E-state index contributed by atoms with van der Waals surface area (Å²) in [5.74, 6) is -1.26. The van der Waals surface area contributed by atoms with Gasteiger partial charge in [-0.2, -0.15) is 0 Å². The first kappa shape index (κ1) is 18.7. The van der Waals surface area contributed by atoms with Crippen molar-refractivity contribution in [2.45, 2.75) is 44.9 Å². The van der Waals surface area contributed by atoms with Gasteiger partial charge in [-0.3, -0.25) is 14.6 Å². The molecule has 1 spiro atoms. The van der Waals surface area contributed by atoms with Crippen molar-refractivity contribution in [2.24, 2.45) is 11.3 Å². The van der Waals surface area contributed by atoms with Gasteiger partial charge in [-0.15, -0.1) is 0 Å². The van der Waals surface area contributed by atoms with Crippen LogP contribution < -0.4 is 5.32 Å². The third kappa shape index (κ3) is 3.71. The average molecular weight is 365 g/mol. The van der Waals surface area contributed by atoms with Gasteiger partial charge in [0.2, 0.25) is 12.3 Å². The zero-order valence-corrected chi connectivity index (χ0v) is 15.0. The summed E-state index contributed by atoms with van der Waals surface area (Å²) in [5.41, 5.74) is 0.508. The van der Waals surface area contributed by atoms with Crippen LogP contribution in [0.2, 0.25) is 0 Å². The molecule has 2 amide bonds. The molecule has 1 aromatic heterocycles. The van der Waals surface area contributed by atoms with Gasteiger partial charge in [0.05, 0.1) is 17.8 Å². The van der Waals surface area contributed by atoms with E-state index in [4.69, 9.17) is 0 Å². The predicted molar refractivity (Wildman–Crippen MR) is 92.2 cm³/mol. The summed E-state index contributed by atoms with van der Waals surface area (Å²) in [6.45, 7) is 3.71. The van der Waals surface area contributed by atoms with E-state index < -0.39 is 11.6 Å². The number of carbonyl (C=O) groups is 2. The summed E-state index contributed by atoms with van der Waals surface area (Å²) in [4.78, 5) is 28.9. The van der Waals surface area contributed by atoms with Gasteiger partial charge in [0.25, 0.3) is 0 Å². The van der Waals surface area contributed by atoms with Gasteiger partial charge in [0.15, 0.2) is 0 Å². The van der Waals surface area contributed by atoms with Gasteiger partial charge in [0.1, 0.15) is 11.6 Å². The molecule has 1 saturated carbocycles. The molecule has 2 fully saturated rings. The van der Waals surface area contributed by atoms with Crippen LogP contribution in [0.1, 0.15) is 50.6 Å². The summed E-state index contributed by atoms with van der Waals surface area (Å²) < 4.78 is 26.9. The monoisotopic (exact) mass is 365 g/mol. The van der Waals surface area contributed by atoms with E-state index in [-0.39, 0.29) is 23.2 Å². The highest BCUT2D eigenvalue weighted by atomic mass is 19.1. The van der Waals surface area contributed by atoms with E-state index in [1.54, 1.807) is 0 Å². The Balaban J connectivity index is 1.53. The average Bonchev–Trinajstić information content (AvgIpc) is 2.61. The number of aromatic nitrogens is 1. The van der Waals surface area contributed by atoms with Crippen LogP contribution in [0.25, 0.3) is 0 Å². The van der Waals surface area contributed by atoms with Crippen LogP contribution in [0.5, 0.6) is 0 Å². The number of halogens is 2. The number of hydrogen-bond donors (Lipinski definition) is 1. The van der Waals surface area contributed by atoms with Gasteiger partial charge >= 0.3 is 0 Å². The molecule has 26 heavy (non-hydrogen) atoms. The van der Waals surface area contributed by atoms with E-state index in [1.165, 1.54) is 0 Å². The van der Waals surface area contributed by atoms with Crippen molar-refractivity contribution in [1.29, 1.82) is 0 Å². The van der Waals surface area contributed by atoms with E-state index in [9.17, 15) is 18.4 Å². The van der Waals surface area contributed by atoms with Crippen LogP contribution in [0, 0.1) is 23.0 Å². The highest BCUT2D eigenvalue weighted by Gasteiger charge is 2.48. The Morgan fingerprint density at radius 2 is 2.12 bits per heavy atom. The molecular weight excluding hydrogens is 340 g/mol. The van der Waals surface area contributed by atoms with Crippen molar-refractivity contribution in [3.05, 3.63) is 29.6 Å². The normalized spacial score (nSPS) is 20.5. The zero-order chi connectivity index (χ0) is 18.7. The van der Waals surface area contributed by atoms with E-state index in [0.717, 1.165) is 37.9 Å². The summed E-state index contributed by atoms with van der Waals surface area (Å²) in [7, 11) is 0. The molecule has 2 heterocycles. The fourth-order valence-corrected chi connectivity index (χ4v) is 4.37. The Morgan fingerprint density at radius 1 is 1.42 bits per heavy atom. The van der Waals surface area contributed by atoms with Gasteiger partial charge in [0, 0.05) is 31.6 Å². The van der Waals surface area contributed by atoms with Crippen molar-refractivity contribution >= 4 is 12.3 Å². The van der Waals surface area contributed by atoms with E-state index >= 15 is 0 Å². The second-order valence-corrected chi connectivity index (χ2v) is 7.58. The number of piperidine rings is 1. The largest absolute Gasteiger partial charge is 0.358 e. The molecule has 5 nitrogen and oxygen atoms in total. The van der Waals surface area contributed by atoms with Crippen LogP contribution in [0.4, 0.5) is 8.78 Å². The maximum absolute atomic E-state index is 13.9. The van der Waals surface area contributed by atoms with Gasteiger partial charge in [-0.25, -0.2) is 8.78 Å². The standard InChI is InChI=1S/C19H25F2N3O2/c1-2-13(10-22-12-25)18(26)24-5-3-19(4-6-24)8-14(9-19)17-16(21)7-15(20)11-23-17/h7,11-14H,2-6,8-10H2,1H3,(H,22,25). The first-order chi connectivity index (χ1) is 12.5. The molecule has 142 valence electrons. The number of pyridine rings is 1. The van der Waals surface area contributed by atoms with Crippen molar-refractivity contribution in [3.63, 3.8) is 0 Å². The van der Waals surface area contributed by atoms with Crippen LogP contribution in [-0.4, -0.2) is 41.8 Å². The number of amides is 2. The minimum atomic E-state index is -0.651. The molecule has 1 N–H and O–H groups in total. The zero-order valence-electron chi connectivity index (χ0n) is 15.0. The minimum Gasteiger partial charge on any atom is -0.358 e. The molecule has 1 aromatic rings. The Bertz CT molecular complexity index is 667. The minimum absolute atomic E-state index is 0.0398. The molecule has 1 atom stereocenters. The highest BCUT2D eigenvalue weighted by molar-refractivity contribution is 5.79. The number of carbonyl (C=O) groups excluding carboxylic acids is 2. The molecule has 1 saturated heterocycles. The summed E-state index contributed by atoms with van der Waals surface area (Å²) in [6.07, 6.45) is 5.87. The molecule has 0 aromatic carbocycles. The summed E-state index contributed by atoms with van der Waals surface area (Å²) in [6, 6.07) is 0.896. The lowest BCUT2D eigenvalue weighted by molar-refractivity contribution is -0.139. The lowest BCUT2D eigenvalue weighted by atomic mass is 9.56. The van der Waals surface area contributed by atoms with E-state index in [0.29, 0.717) is 38.2 Å². The number of likely N-dealkylation sites (tertiary alicyclic amines) is 1. The van der Waals surface area contributed by atoms with Crippen molar-refractivity contribution < 1.29 is 18.4 Å². The van der Waals surface area contributed by atoms with E-state index in [1.807, 2.05) is 11.8 Å². The van der Waals surface area contributed by atoms with Crippen LogP contribution in [0.15, 0.2) is 12.3 Å². The maximum atomic E-state index is 13.9. The second-order valence-electron chi connectivity index (χ2n) is 7.58. The molecule has 1 aliphatic heterocycles. The maximum Gasteiger partial charge on any atom is 0.227 e. The van der Waals surface area contributed by atoms with Gasteiger partial charge in [-0.1, -0.05) is 6.92 Å². The molecule has 0 radical (unpaired) electrons. The summed E-state index contributed by atoms with van der Waals surface area (Å²) >= 11 is 0. The molecule has 7 heteroatoms. The summed E-state index contributed by atoms with van der Waals surface area (Å²) in [5, 5.41) is 2.59.